The molecule has 0 fully saturated rings. The highest BCUT2D eigenvalue weighted by Crippen LogP contribution is 2.55. The van der Waals surface area contributed by atoms with E-state index in [9.17, 15) is 14.7 Å². The number of alkyl carbamates (subject to hydrolysis) is 1. The van der Waals surface area contributed by atoms with E-state index in [2.05, 4.69) is 10.1 Å². The Labute approximate surface area is 170 Å². The maximum Gasteiger partial charge on any atom is 0.407 e. The zero-order chi connectivity index (χ0) is 20.7. The van der Waals surface area contributed by atoms with E-state index in [0.29, 0.717) is 0 Å². The lowest BCUT2D eigenvalue weighted by Gasteiger charge is -2.30. The fourth-order valence-electron chi connectivity index (χ4n) is 3.47. The van der Waals surface area contributed by atoms with Crippen LogP contribution < -0.4 is 21.2 Å². The second-order valence-electron chi connectivity index (χ2n) is 6.53. The number of carbonyl (C=O) groups excluding carboxylic acids is 1. The standard InChI is InChI=1S/C23H22NO4P/c1-28-23(27)24-21(22(25)26)17-29(18-11-5-2-6-12-18,19-13-7-3-8-14-19)20-15-9-4-10-16-20/h2-16,21H,17H2,1H3,(H-,24,25,26,27)/p+1. The predicted molar refractivity (Wildman–Crippen MR) is 117 cm³/mol. The molecule has 2 N–H and O–H groups in total. The number of methoxy groups -OCH3 is 1. The van der Waals surface area contributed by atoms with Crippen molar-refractivity contribution in [3.8, 4) is 0 Å². The SMILES string of the molecule is COC(=O)NC(C[P+](c1ccccc1)(c1ccccc1)c1ccccc1)C(=O)O. The van der Waals surface area contributed by atoms with Gasteiger partial charge in [0.1, 0.15) is 29.3 Å². The van der Waals surface area contributed by atoms with Crippen LogP contribution in [0.1, 0.15) is 0 Å². The lowest BCUT2D eigenvalue weighted by Crippen LogP contribution is -2.48. The van der Waals surface area contributed by atoms with E-state index in [4.69, 9.17) is 0 Å². The van der Waals surface area contributed by atoms with Crippen molar-refractivity contribution in [1.82, 2.24) is 5.32 Å². The highest BCUT2D eigenvalue weighted by molar-refractivity contribution is 7.95. The van der Waals surface area contributed by atoms with Crippen LogP contribution >= 0.6 is 7.26 Å². The Hall–Kier alpha value is -3.17. The van der Waals surface area contributed by atoms with Crippen molar-refractivity contribution in [2.45, 2.75) is 6.04 Å². The van der Waals surface area contributed by atoms with Crippen molar-refractivity contribution in [3.05, 3.63) is 91.0 Å². The lowest BCUT2D eigenvalue weighted by molar-refractivity contribution is -0.138. The molecule has 6 heteroatoms. The van der Waals surface area contributed by atoms with Crippen LogP contribution in [0.2, 0.25) is 0 Å². The van der Waals surface area contributed by atoms with Crippen molar-refractivity contribution in [1.29, 1.82) is 0 Å². The fraction of sp³-hybridized carbons (Fsp3) is 0.130. The normalized spacial score (nSPS) is 12.0. The third-order valence-corrected chi connectivity index (χ3v) is 9.27. The Morgan fingerprint density at radius 3 is 1.52 bits per heavy atom. The first-order chi connectivity index (χ1) is 14.1. The molecular weight excluding hydrogens is 385 g/mol. The molecule has 1 amide bonds. The minimum Gasteiger partial charge on any atom is -0.480 e. The molecule has 0 aliphatic rings. The molecule has 1 unspecified atom stereocenters. The Morgan fingerprint density at radius 2 is 1.21 bits per heavy atom. The molecule has 0 aliphatic carbocycles. The van der Waals surface area contributed by atoms with Crippen LogP contribution in [0.3, 0.4) is 0 Å². The van der Waals surface area contributed by atoms with Crippen molar-refractivity contribution in [2.24, 2.45) is 0 Å². The number of carbonyl (C=O) groups is 2. The summed E-state index contributed by atoms with van der Waals surface area (Å²) in [6.07, 6.45) is -0.528. The zero-order valence-corrected chi connectivity index (χ0v) is 17.0. The lowest BCUT2D eigenvalue weighted by atomic mass is 10.3. The van der Waals surface area contributed by atoms with Crippen molar-refractivity contribution < 1.29 is 19.4 Å². The van der Waals surface area contributed by atoms with Gasteiger partial charge in [-0.15, -0.1) is 0 Å². The molecule has 3 rings (SSSR count). The molecular formula is C23H23NO4P+. The maximum absolute atomic E-state index is 12.1. The molecule has 29 heavy (non-hydrogen) atoms. The van der Waals surface area contributed by atoms with Gasteiger partial charge >= 0.3 is 12.1 Å². The predicted octanol–water partition coefficient (Wildman–Crippen LogP) is 2.79. The second-order valence-corrected chi connectivity index (χ2v) is 10.1. The van der Waals surface area contributed by atoms with Gasteiger partial charge in [0.25, 0.3) is 0 Å². The molecule has 0 aliphatic heterocycles. The summed E-state index contributed by atoms with van der Waals surface area (Å²) in [6, 6.07) is 28.7. The number of rotatable bonds is 7. The number of aliphatic carboxylic acids is 1. The number of carboxylic acids is 1. The Bertz CT molecular complexity index is 852. The van der Waals surface area contributed by atoms with E-state index in [1.54, 1.807) is 0 Å². The summed E-state index contributed by atoms with van der Waals surface area (Å²) < 4.78 is 4.66. The quantitative estimate of drug-likeness (QED) is 0.590. The second kappa shape index (κ2) is 9.35. The first kappa shape index (κ1) is 20.6. The number of ether oxygens (including phenoxy) is 1. The summed E-state index contributed by atoms with van der Waals surface area (Å²) in [6.45, 7) is 0. The molecule has 3 aromatic rings. The third-order valence-electron chi connectivity index (χ3n) is 4.82. The molecule has 1 atom stereocenters. The van der Waals surface area contributed by atoms with E-state index < -0.39 is 25.4 Å². The summed E-state index contributed by atoms with van der Waals surface area (Å²) in [5, 5.41) is 15.5. The molecule has 0 aromatic heterocycles. The van der Waals surface area contributed by atoms with Gasteiger partial charge in [-0.3, -0.25) is 0 Å². The summed E-state index contributed by atoms with van der Waals surface area (Å²) in [4.78, 5) is 23.9. The van der Waals surface area contributed by atoms with Gasteiger partial charge in [-0.25, -0.2) is 9.59 Å². The number of carboxylic acid groups (broad SMARTS) is 1. The Morgan fingerprint density at radius 1 is 0.828 bits per heavy atom. The van der Waals surface area contributed by atoms with Crippen molar-refractivity contribution >= 4 is 35.2 Å². The Balaban J connectivity index is 2.24. The van der Waals surface area contributed by atoms with Crippen molar-refractivity contribution in [3.63, 3.8) is 0 Å². The van der Waals surface area contributed by atoms with Gasteiger partial charge in [0.15, 0.2) is 6.04 Å². The van der Waals surface area contributed by atoms with Crippen LogP contribution in [0.25, 0.3) is 0 Å². The first-order valence-electron chi connectivity index (χ1n) is 9.20. The summed E-state index contributed by atoms with van der Waals surface area (Å²) in [5.74, 6) is -1.09. The molecule has 0 spiro atoms. The Kier molecular flexibility index (Phi) is 6.63. The highest BCUT2D eigenvalue weighted by Gasteiger charge is 2.49. The van der Waals surface area contributed by atoms with Gasteiger partial charge in [0, 0.05) is 0 Å². The minimum atomic E-state index is -2.38. The van der Waals surface area contributed by atoms with Crippen LogP contribution in [0.4, 0.5) is 4.79 Å². The first-order valence-corrected chi connectivity index (χ1v) is 11.2. The average Bonchev–Trinajstić information content (AvgIpc) is 2.78. The van der Waals surface area contributed by atoms with Gasteiger partial charge in [-0.1, -0.05) is 54.6 Å². The summed E-state index contributed by atoms with van der Waals surface area (Å²) in [7, 11) is -1.16. The molecule has 0 heterocycles. The molecule has 5 nitrogen and oxygen atoms in total. The van der Waals surface area contributed by atoms with E-state index in [1.807, 2.05) is 91.0 Å². The van der Waals surface area contributed by atoms with Gasteiger partial charge in [0.2, 0.25) is 0 Å². The number of benzene rings is 3. The largest absolute Gasteiger partial charge is 0.480 e. The van der Waals surface area contributed by atoms with Crippen LogP contribution in [0.5, 0.6) is 0 Å². The van der Waals surface area contributed by atoms with Gasteiger partial charge in [-0.05, 0) is 36.4 Å². The van der Waals surface area contributed by atoms with E-state index in [1.165, 1.54) is 7.11 Å². The topological polar surface area (TPSA) is 75.6 Å². The fourth-order valence-corrected chi connectivity index (χ4v) is 7.84. The maximum atomic E-state index is 12.1. The van der Waals surface area contributed by atoms with Crippen molar-refractivity contribution in [2.75, 3.05) is 13.3 Å². The average molecular weight is 408 g/mol. The van der Waals surface area contributed by atoms with E-state index in [-0.39, 0.29) is 6.16 Å². The number of amides is 1. The number of hydrogen-bond acceptors (Lipinski definition) is 3. The van der Waals surface area contributed by atoms with Gasteiger partial charge in [-0.2, -0.15) is 0 Å². The molecule has 148 valence electrons. The summed E-state index contributed by atoms with van der Waals surface area (Å²) >= 11 is 0. The number of hydrogen-bond donors (Lipinski definition) is 2. The van der Waals surface area contributed by atoms with Gasteiger partial charge in [0.05, 0.1) is 7.11 Å². The monoisotopic (exact) mass is 408 g/mol. The van der Waals surface area contributed by atoms with Gasteiger partial charge < -0.3 is 15.2 Å². The minimum absolute atomic E-state index is 0.232. The van der Waals surface area contributed by atoms with Crippen LogP contribution in [-0.2, 0) is 9.53 Å². The molecule has 0 bridgehead atoms. The van der Waals surface area contributed by atoms with E-state index in [0.717, 1.165) is 15.9 Å². The zero-order valence-electron chi connectivity index (χ0n) is 16.1. The van der Waals surface area contributed by atoms with Crippen LogP contribution in [0.15, 0.2) is 91.0 Å². The molecule has 0 radical (unpaired) electrons. The number of nitrogens with one attached hydrogen (secondary N) is 1. The summed E-state index contributed by atoms with van der Waals surface area (Å²) in [5.41, 5.74) is 0. The molecule has 0 saturated carbocycles. The third kappa shape index (κ3) is 4.47. The molecule has 3 aromatic carbocycles. The van der Waals surface area contributed by atoms with Crippen LogP contribution in [-0.4, -0.2) is 36.5 Å². The molecule has 0 saturated heterocycles. The van der Waals surface area contributed by atoms with Crippen LogP contribution in [0, 0.1) is 0 Å². The van der Waals surface area contributed by atoms with E-state index >= 15 is 0 Å². The highest BCUT2D eigenvalue weighted by atomic mass is 31.2. The smallest absolute Gasteiger partial charge is 0.407 e.